The number of rotatable bonds is 5. The standard InChI is InChI=1S/C14H27N3S/c1-3-13-11-17(9-10-18-13)14(15-2)16-8-4-5-12-6-7-12/h12-13H,3-11H2,1-2H3,(H,15,16). The van der Waals surface area contributed by atoms with Gasteiger partial charge in [0, 0.05) is 37.7 Å². The molecule has 18 heavy (non-hydrogen) atoms. The maximum Gasteiger partial charge on any atom is 0.193 e. The van der Waals surface area contributed by atoms with Gasteiger partial charge in [0.25, 0.3) is 0 Å². The van der Waals surface area contributed by atoms with Gasteiger partial charge in [-0.2, -0.15) is 11.8 Å². The lowest BCUT2D eigenvalue weighted by molar-refractivity contribution is 0.407. The van der Waals surface area contributed by atoms with Crippen molar-refractivity contribution in [2.45, 2.75) is 44.3 Å². The van der Waals surface area contributed by atoms with Gasteiger partial charge in [-0.1, -0.05) is 19.8 Å². The van der Waals surface area contributed by atoms with Crippen molar-refractivity contribution in [3.8, 4) is 0 Å². The molecule has 1 N–H and O–H groups in total. The van der Waals surface area contributed by atoms with Crippen LogP contribution in [0.2, 0.25) is 0 Å². The summed E-state index contributed by atoms with van der Waals surface area (Å²) in [6, 6.07) is 0. The summed E-state index contributed by atoms with van der Waals surface area (Å²) in [4.78, 5) is 6.87. The maximum atomic E-state index is 4.43. The molecule has 0 radical (unpaired) electrons. The Morgan fingerprint density at radius 1 is 1.44 bits per heavy atom. The van der Waals surface area contributed by atoms with E-state index >= 15 is 0 Å². The highest BCUT2D eigenvalue weighted by Gasteiger charge is 2.22. The lowest BCUT2D eigenvalue weighted by atomic mass is 10.2. The van der Waals surface area contributed by atoms with E-state index in [0.717, 1.165) is 36.8 Å². The smallest absolute Gasteiger partial charge is 0.193 e. The molecule has 1 aliphatic carbocycles. The highest BCUT2D eigenvalue weighted by molar-refractivity contribution is 8.00. The second-order valence-electron chi connectivity index (χ2n) is 5.41. The van der Waals surface area contributed by atoms with Crippen molar-refractivity contribution in [1.82, 2.24) is 10.2 Å². The molecule has 0 bridgehead atoms. The van der Waals surface area contributed by atoms with Gasteiger partial charge in [0.05, 0.1) is 0 Å². The van der Waals surface area contributed by atoms with E-state index in [-0.39, 0.29) is 0 Å². The highest BCUT2D eigenvalue weighted by atomic mass is 32.2. The van der Waals surface area contributed by atoms with Gasteiger partial charge in [0.15, 0.2) is 5.96 Å². The van der Waals surface area contributed by atoms with Crippen molar-refractivity contribution in [2.75, 3.05) is 32.4 Å². The fourth-order valence-corrected chi connectivity index (χ4v) is 3.67. The van der Waals surface area contributed by atoms with E-state index in [2.05, 4.69) is 33.9 Å². The van der Waals surface area contributed by atoms with Crippen molar-refractivity contribution in [1.29, 1.82) is 0 Å². The quantitative estimate of drug-likeness (QED) is 0.472. The molecular weight excluding hydrogens is 242 g/mol. The number of nitrogens with zero attached hydrogens (tertiary/aromatic N) is 2. The van der Waals surface area contributed by atoms with Gasteiger partial charge < -0.3 is 10.2 Å². The first kappa shape index (κ1) is 14.0. The molecule has 0 aromatic rings. The third kappa shape index (κ3) is 4.38. The number of thioether (sulfide) groups is 1. The van der Waals surface area contributed by atoms with Gasteiger partial charge in [-0.15, -0.1) is 0 Å². The number of aliphatic imine (C=N–C) groups is 1. The Labute approximate surface area is 116 Å². The van der Waals surface area contributed by atoms with Crippen LogP contribution in [0.25, 0.3) is 0 Å². The average Bonchev–Trinajstić information content (AvgIpc) is 3.23. The first-order valence-corrected chi connectivity index (χ1v) is 8.45. The second-order valence-corrected chi connectivity index (χ2v) is 6.81. The molecule has 104 valence electrons. The van der Waals surface area contributed by atoms with Crippen LogP contribution in [0.5, 0.6) is 0 Å². The van der Waals surface area contributed by atoms with E-state index in [4.69, 9.17) is 0 Å². The van der Waals surface area contributed by atoms with Crippen LogP contribution < -0.4 is 5.32 Å². The molecule has 2 fully saturated rings. The minimum absolute atomic E-state index is 0.781. The molecule has 3 nitrogen and oxygen atoms in total. The zero-order valence-electron chi connectivity index (χ0n) is 11.8. The Hall–Kier alpha value is -0.380. The van der Waals surface area contributed by atoms with Crippen LogP contribution in [0.4, 0.5) is 0 Å². The molecule has 0 aromatic heterocycles. The third-order valence-electron chi connectivity index (χ3n) is 3.87. The minimum atomic E-state index is 0.781. The lowest BCUT2D eigenvalue weighted by Crippen LogP contribution is -2.48. The van der Waals surface area contributed by atoms with Crippen molar-refractivity contribution >= 4 is 17.7 Å². The van der Waals surface area contributed by atoms with Crippen LogP contribution in [0, 0.1) is 5.92 Å². The van der Waals surface area contributed by atoms with Gasteiger partial charge >= 0.3 is 0 Å². The van der Waals surface area contributed by atoms with Crippen LogP contribution in [-0.2, 0) is 0 Å². The zero-order chi connectivity index (χ0) is 12.8. The Morgan fingerprint density at radius 2 is 2.28 bits per heavy atom. The lowest BCUT2D eigenvalue weighted by Gasteiger charge is -2.34. The van der Waals surface area contributed by atoms with E-state index in [1.165, 1.54) is 37.9 Å². The summed E-state index contributed by atoms with van der Waals surface area (Å²) in [6.45, 7) is 5.67. The number of hydrogen-bond acceptors (Lipinski definition) is 2. The Kier molecular flexibility index (Phi) is 5.67. The summed E-state index contributed by atoms with van der Waals surface area (Å²) in [7, 11) is 1.91. The summed E-state index contributed by atoms with van der Waals surface area (Å²) < 4.78 is 0. The highest BCUT2D eigenvalue weighted by Crippen LogP contribution is 2.33. The first-order valence-electron chi connectivity index (χ1n) is 7.40. The summed E-state index contributed by atoms with van der Waals surface area (Å²) in [6.07, 6.45) is 6.90. The van der Waals surface area contributed by atoms with E-state index in [0.29, 0.717) is 0 Å². The molecule has 2 rings (SSSR count). The van der Waals surface area contributed by atoms with Gasteiger partial charge in [-0.05, 0) is 25.2 Å². The second kappa shape index (κ2) is 7.27. The first-order chi connectivity index (χ1) is 8.83. The topological polar surface area (TPSA) is 27.6 Å². The normalized spacial score (nSPS) is 25.3. The molecule has 1 unspecified atom stereocenters. The molecule has 0 amide bonds. The zero-order valence-corrected chi connectivity index (χ0v) is 12.6. The molecule has 0 spiro atoms. The summed E-state index contributed by atoms with van der Waals surface area (Å²) >= 11 is 2.11. The van der Waals surface area contributed by atoms with E-state index < -0.39 is 0 Å². The van der Waals surface area contributed by atoms with E-state index in [1.807, 2.05) is 7.05 Å². The van der Waals surface area contributed by atoms with E-state index in [1.54, 1.807) is 0 Å². The molecule has 4 heteroatoms. The Morgan fingerprint density at radius 3 is 2.94 bits per heavy atom. The van der Waals surface area contributed by atoms with Gasteiger partial charge in [0.2, 0.25) is 0 Å². The van der Waals surface area contributed by atoms with Crippen LogP contribution in [-0.4, -0.2) is 48.5 Å². The van der Waals surface area contributed by atoms with Gasteiger partial charge in [0.1, 0.15) is 0 Å². The Balaban J connectivity index is 1.69. The monoisotopic (exact) mass is 269 g/mol. The Bertz CT molecular complexity index is 276. The fourth-order valence-electron chi connectivity index (χ4n) is 2.49. The van der Waals surface area contributed by atoms with Crippen molar-refractivity contribution in [2.24, 2.45) is 10.9 Å². The van der Waals surface area contributed by atoms with E-state index in [9.17, 15) is 0 Å². The molecule has 1 saturated carbocycles. The predicted molar refractivity (Wildman–Crippen MR) is 81.4 cm³/mol. The molecule has 1 atom stereocenters. The summed E-state index contributed by atoms with van der Waals surface area (Å²) in [5, 5.41) is 4.31. The molecular formula is C14H27N3S. The maximum absolute atomic E-state index is 4.43. The summed E-state index contributed by atoms with van der Waals surface area (Å²) in [5.74, 6) is 3.40. The average molecular weight is 269 g/mol. The largest absolute Gasteiger partial charge is 0.356 e. The van der Waals surface area contributed by atoms with Crippen LogP contribution in [0.15, 0.2) is 4.99 Å². The third-order valence-corrected chi connectivity index (χ3v) is 5.25. The number of nitrogens with one attached hydrogen (secondary N) is 1. The number of guanidine groups is 1. The minimum Gasteiger partial charge on any atom is -0.356 e. The van der Waals surface area contributed by atoms with Crippen molar-refractivity contribution in [3.63, 3.8) is 0 Å². The van der Waals surface area contributed by atoms with Crippen molar-refractivity contribution in [3.05, 3.63) is 0 Å². The van der Waals surface area contributed by atoms with Crippen LogP contribution in [0.1, 0.15) is 39.0 Å². The SMILES string of the molecule is CCC1CN(C(=NC)NCCCC2CC2)CCS1. The summed E-state index contributed by atoms with van der Waals surface area (Å²) in [5.41, 5.74) is 0. The van der Waals surface area contributed by atoms with Crippen LogP contribution >= 0.6 is 11.8 Å². The van der Waals surface area contributed by atoms with Gasteiger partial charge in [-0.3, -0.25) is 4.99 Å². The molecule has 2 aliphatic rings. The molecule has 0 aromatic carbocycles. The van der Waals surface area contributed by atoms with Gasteiger partial charge in [-0.25, -0.2) is 0 Å². The number of hydrogen-bond donors (Lipinski definition) is 1. The van der Waals surface area contributed by atoms with Crippen molar-refractivity contribution < 1.29 is 0 Å². The predicted octanol–water partition coefficient (Wildman–Crippen LogP) is 2.58. The fraction of sp³-hybridized carbons (Fsp3) is 0.929. The molecule has 1 heterocycles. The molecule has 1 saturated heterocycles. The molecule has 1 aliphatic heterocycles. The van der Waals surface area contributed by atoms with Crippen LogP contribution in [0.3, 0.4) is 0 Å².